The minimum atomic E-state index is 0.421. The molecule has 0 heterocycles. The topological polar surface area (TPSA) is 64.1 Å². The van der Waals surface area contributed by atoms with E-state index in [1.165, 1.54) is 19.3 Å². The predicted octanol–water partition coefficient (Wildman–Crippen LogP) is 3.09. The van der Waals surface area contributed by atoms with Gasteiger partial charge in [-0.3, -0.25) is 5.43 Å². The fourth-order valence-corrected chi connectivity index (χ4v) is 3.28. The van der Waals surface area contributed by atoms with Gasteiger partial charge in [-0.25, -0.2) is 0 Å². The summed E-state index contributed by atoms with van der Waals surface area (Å²) in [6.45, 7) is 2.26. The van der Waals surface area contributed by atoms with Gasteiger partial charge in [0.25, 0.3) is 0 Å². The lowest BCUT2D eigenvalue weighted by Crippen LogP contribution is -2.44. The molecule has 1 aromatic carbocycles. The number of nitrogens with one attached hydrogen (secondary N) is 2. The van der Waals surface area contributed by atoms with Crippen molar-refractivity contribution >= 4 is 23.5 Å². The zero-order valence-electron chi connectivity index (χ0n) is 15.3. The highest BCUT2D eigenvalue weighted by molar-refractivity contribution is 7.80. The van der Waals surface area contributed by atoms with Crippen molar-refractivity contribution in [1.29, 1.82) is 0 Å². The van der Waals surface area contributed by atoms with E-state index in [1.54, 1.807) is 27.5 Å². The smallest absolute Gasteiger partial charge is 0.203 e. The van der Waals surface area contributed by atoms with E-state index in [0.29, 0.717) is 34.3 Å². The second kappa shape index (κ2) is 9.46. The number of hydrogen-bond acceptors (Lipinski definition) is 5. The van der Waals surface area contributed by atoms with Crippen LogP contribution in [0.15, 0.2) is 17.2 Å². The number of hydrazone groups is 1. The fourth-order valence-electron chi connectivity index (χ4n) is 3.07. The molecule has 2 atom stereocenters. The molecule has 0 aromatic heterocycles. The van der Waals surface area contributed by atoms with Crippen molar-refractivity contribution in [3.63, 3.8) is 0 Å². The molecule has 25 heavy (non-hydrogen) atoms. The van der Waals surface area contributed by atoms with E-state index in [-0.39, 0.29) is 0 Å². The summed E-state index contributed by atoms with van der Waals surface area (Å²) in [6.07, 6.45) is 6.62. The molecule has 0 bridgehead atoms. The van der Waals surface area contributed by atoms with E-state index < -0.39 is 0 Å². The molecule has 0 saturated heterocycles. The molecule has 0 amide bonds. The molecule has 138 valence electrons. The first-order valence-electron chi connectivity index (χ1n) is 8.48. The van der Waals surface area contributed by atoms with Gasteiger partial charge in [0.2, 0.25) is 5.75 Å². The Hall–Kier alpha value is -2.02. The SMILES string of the molecule is COc1cc(/C=N\NC(=S)N[C@H]2CCCC[C@@H]2C)cc(OC)c1OC. The number of benzene rings is 1. The molecular formula is C18H27N3O3S. The first kappa shape index (κ1) is 19.3. The second-order valence-electron chi connectivity index (χ2n) is 6.17. The third kappa shape index (κ3) is 5.22. The zero-order chi connectivity index (χ0) is 18.2. The van der Waals surface area contributed by atoms with Crippen LogP contribution in [-0.2, 0) is 0 Å². The lowest BCUT2D eigenvalue weighted by atomic mass is 9.86. The highest BCUT2D eigenvalue weighted by Crippen LogP contribution is 2.37. The molecular weight excluding hydrogens is 338 g/mol. The lowest BCUT2D eigenvalue weighted by Gasteiger charge is -2.30. The van der Waals surface area contributed by atoms with E-state index >= 15 is 0 Å². The standard InChI is InChI=1S/C18H27N3O3S/c1-12-7-5-6-8-14(12)20-18(25)21-19-11-13-9-15(22-2)17(24-4)16(10-13)23-3/h9-12,14H,5-8H2,1-4H3,(H2,20,21,25)/b19-11-/t12-,14-/m0/s1. The maximum atomic E-state index is 5.33. The summed E-state index contributed by atoms with van der Waals surface area (Å²) < 4.78 is 16.0. The molecule has 1 aliphatic carbocycles. The van der Waals surface area contributed by atoms with Crippen LogP contribution < -0.4 is 25.0 Å². The van der Waals surface area contributed by atoms with Gasteiger partial charge in [-0.05, 0) is 43.1 Å². The van der Waals surface area contributed by atoms with Crippen LogP contribution in [0.3, 0.4) is 0 Å². The summed E-state index contributed by atoms with van der Waals surface area (Å²) in [7, 11) is 4.74. The van der Waals surface area contributed by atoms with Gasteiger partial charge in [-0.2, -0.15) is 5.10 Å². The van der Waals surface area contributed by atoms with E-state index in [1.807, 2.05) is 12.1 Å². The van der Waals surface area contributed by atoms with E-state index in [0.717, 1.165) is 12.0 Å². The van der Waals surface area contributed by atoms with Crippen LogP contribution in [0.25, 0.3) is 0 Å². The monoisotopic (exact) mass is 365 g/mol. The van der Waals surface area contributed by atoms with Crippen molar-refractivity contribution in [3.8, 4) is 17.2 Å². The van der Waals surface area contributed by atoms with E-state index in [4.69, 9.17) is 26.4 Å². The second-order valence-corrected chi connectivity index (χ2v) is 6.58. The van der Waals surface area contributed by atoms with Crippen molar-refractivity contribution in [3.05, 3.63) is 17.7 Å². The van der Waals surface area contributed by atoms with Crippen molar-refractivity contribution in [2.24, 2.45) is 11.0 Å². The lowest BCUT2D eigenvalue weighted by molar-refractivity contribution is 0.308. The van der Waals surface area contributed by atoms with E-state index in [2.05, 4.69) is 22.8 Å². The van der Waals surface area contributed by atoms with Gasteiger partial charge in [0.1, 0.15) is 0 Å². The fraction of sp³-hybridized carbons (Fsp3) is 0.556. The number of nitrogens with zero attached hydrogens (tertiary/aromatic N) is 1. The number of methoxy groups -OCH3 is 3. The quantitative estimate of drug-likeness (QED) is 0.459. The Bertz CT molecular complexity index is 597. The van der Waals surface area contributed by atoms with Crippen LogP contribution in [0.4, 0.5) is 0 Å². The Morgan fingerprint density at radius 2 is 1.76 bits per heavy atom. The molecule has 1 aliphatic rings. The van der Waals surface area contributed by atoms with Gasteiger partial charge in [-0.1, -0.05) is 19.8 Å². The number of rotatable bonds is 6. The summed E-state index contributed by atoms with van der Waals surface area (Å²) in [5.74, 6) is 2.35. The third-order valence-corrected chi connectivity index (χ3v) is 4.70. The maximum absolute atomic E-state index is 5.33. The molecule has 1 fully saturated rings. The Kier molecular flexibility index (Phi) is 7.31. The summed E-state index contributed by atoms with van der Waals surface area (Å²) >= 11 is 5.33. The average molecular weight is 365 g/mol. The molecule has 1 saturated carbocycles. The first-order valence-corrected chi connectivity index (χ1v) is 8.89. The molecule has 6 nitrogen and oxygen atoms in total. The molecule has 7 heteroatoms. The molecule has 0 spiro atoms. The Morgan fingerprint density at radius 1 is 1.12 bits per heavy atom. The molecule has 2 N–H and O–H groups in total. The molecule has 1 aromatic rings. The van der Waals surface area contributed by atoms with Crippen LogP contribution in [0.2, 0.25) is 0 Å². The van der Waals surface area contributed by atoms with Gasteiger partial charge < -0.3 is 19.5 Å². The minimum Gasteiger partial charge on any atom is -0.493 e. The Balaban J connectivity index is 1.98. The van der Waals surface area contributed by atoms with Crippen LogP contribution in [0.5, 0.6) is 17.2 Å². The van der Waals surface area contributed by atoms with Gasteiger partial charge in [-0.15, -0.1) is 0 Å². The summed E-state index contributed by atoms with van der Waals surface area (Å²) in [5.41, 5.74) is 3.70. The van der Waals surface area contributed by atoms with Crippen LogP contribution in [-0.4, -0.2) is 38.7 Å². The van der Waals surface area contributed by atoms with Crippen molar-refractivity contribution < 1.29 is 14.2 Å². The van der Waals surface area contributed by atoms with Gasteiger partial charge in [0.05, 0.1) is 27.5 Å². The normalized spacial score (nSPS) is 20.2. The van der Waals surface area contributed by atoms with E-state index in [9.17, 15) is 0 Å². The van der Waals surface area contributed by atoms with Crippen LogP contribution in [0.1, 0.15) is 38.2 Å². The minimum absolute atomic E-state index is 0.421. The van der Waals surface area contributed by atoms with Crippen LogP contribution >= 0.6 is 12.2 Å². The largest absolute Gasteiger partial charge is 0.493 e. The van der Waals surface area contributed by atoms with Crippen molar-refractivity contribution in [2.75, 3.05) is 21.3 Å². The molecule has 0 aliphatic heterocycles. The average Bonchev–Trinajstić information content (AvgIpc) is 2.62. The predicted molar refractivity (Wildman–Crippen MR) is 104 cm³/mol. The zero-order valence-corrected chi connectivity index (χ0v) is 16.1. The number of ether oxygens (including phenoxy) is 3. The number of thiocarbonyl (C=S) groups is 1. The van der Waals surface area contributed by atoms with Crippen LogP contribution in [0, 0.1) is 5.92 Å². The molecule has 2 rings (SSSR count). The van der Waals surface area contributed by atoms with Crippen molar-refractivity contribution in [1.82, 2.24) is 10.7 Å². The summed E-state index contributed by atoms with van der Waals surface area (Å²) in [6, 6.07) is 4.07. The summed E-state index contributed by atoms with van der Waals surface area (Å²) in [5, 5.41) is 8.11. The third-order valence-electron chi connectivity index (χ3n) is 4.49. The highest BCUT2D eigenvalue weighted by Gasteiger charge is 2.21. The first-order chi connectivity index (χ1) is 12.1. The van der Waals surface area contributed by atoms with Gasteiger partial charge in [0.15, 0.2) is 16.6 Å². The van der Waals surface area contributed by atoms with Gasteiger partial charge >= 0.3 is 0 Å². The highest BCUT2D eigenvalue weighted by atomic mass is 32.1. The molecule has 0 radical (unpaired) electrons. The number of hydrogen-bond donors (Lipinski definition) is 2. The maximum Gasteiger partial charge on any atom is 0.203 e. The summed E-state index contributed by atoms with van der Waals surface area (Å²) in [4.78, 5) is 0. The Morgan fingerprint density at radius 3 is 2.32 bits per heavy atom. The Labute approximate surface area is 154 Å². The van der Waals surface area contributed by atoms with Gasteiger partial charge in [0, 0.05) is 11.6 Å². The molecule has 0 unspecified atom stereocenters. The van der Waals surface area contributed by atoms with Crippen molar-refractivity contribution in [2.45, 2.75) is 38.6 Å².